The molecule has 2 aliphatic heterocycles. The Hall–Kier alpha value is -1.81. The van der Waals surface area contributed by atoms with Crippen LogP contribution in [0, 0.1) is 11.8 Å². The standard InChI is InChI=1S/C25H44N4O.C7H11F2NO5.C2H6/c1-18-16-23(28(20(18)3)15-11-14-22-12-9-8-10-13-22)17-19(2)29-21(4)26-27(7)24(29)25(5,6)30;8-7(9)5(12,13)1-3(4(10)11)2-6(7,14)15;1-2/h8-10,12-13,18-21,23-24,26,30H,11,14-17H2,1-7H3;3,12-15H,1-2H2,(H2,10,11);1-2H3. The van der Waals surface area contributed by atoms with Gasteiger partial charge in [0.15, 0.2) is 0 Å². The second-order valence-electron chi connectivity index (χ2n) is 14.1. The van der Waals surface area contributed by atoms with Crippen molar-refractivity contribution in [2.24, 2.45) is 17.6 Å². The van der Waals surface area contributed by atoms with E-state index in [0.717, 1.165) is 18.8 Å². The lowest BCUT2D eigenvalue weighted by atomic mass is 9.77. The second-order valence-corrected chi connectivity index (χ2v) is 14.1. The van der Waals surface area contributed by atoms with E-state index in [1.54, 1.807) is 0 Å². The molecule has 1 aromatic carbocycles. The van der Waals surface area contributed by atoms with Crippen LogP contribution in [-0.2, 0) is 11.2 Å². The van der Waals surface area contributed by atoms with Crippen LogP contribution in [-0.4, -0.2) is 113 Å². The number of benzene rings is 1. The molecule has 1 aromatic rings. The lowest BCUT2D eigenvalue weighted by molar-refractivity contribution is -0.421. The number of nitrogens with one attached hydrogen (secondary N) is 1. The molecule has 0 aromatic heterocycles. The van der Waals surface area contributed by atoms with Crippen LogP contribution >= 0.6 is 0 Å². The SMILES string of the molecule is CC.CC1CC(CC(C)N2C(C)NN(C)C2C(C)(C)O)N(CCCc2ccccc2)C1C.NC(=O)C1CC(O)(O)C(F)(F)C(O)(O)C1. The number of nitrogens with zero attached hydrogens (tertiary/aromatic N) is 3. The average molecular weight is 674 g/mol. The summed E-state index contributed by atoms with van der Waals surface area (Å²) in [5, 5.41) is 48.6. The van der Waals surface area contributed by atoms with Crippen molar-refractivity contribution in [3.05, 3.63) is 35.9 Å². The van der Waals surface area contributed by atoms with Crippen molar-refractivity contribution in [2.45, 2.75) is 147 Å². The summed E-state index contributed by atoms with van der Waals surface area (Å²) in [6.45, 7) is 18.4. The Labute approximate surface area is 279 Å². The van der Waals surface area contributed by atoms with E-state index in [0.29, 0.717) is 18.1 Å². The van der Waals surface area contributed by atoms with Crippen LogP contribution in [0.3, 0.4) is 0 Å². The monoisotopic (exact) mass is 673 g/mol. The number of primary amides is 1. The molecule has 11 nitrogen and oxygen atoms in total. The van der Waals surface area contributed by atoms with Gasteiger partial charge in [0, 0.05) is 43.9 Å². The highest BCUT2D eigenvalue weighted by Gasteiger charge is 2.70. The molecule has 272 valence electrons. The van der Waals surface area contributed by atoms with Gasteiger partial charge in [-0.25, -0.2) is 10.4 Å². The summed E-state index contributed by atoms with van der Waals surface area (Å²) in [4.78, 5) is 15.9. The van der Waals surface area contributed by atoms with E-state index in [4.69, 9.17) is 26.2 Å². The lowest BCUT2D eigenvalue weighted by Crippen LogP contribution is -2.68. The van der Waals surface area contributed by atoms with Gasteiger partial charge >= 0.3 is 5.92 Å². The predicted octanol–water partition coefficient (Wildman–Crippen LogP) is 2.60. The number of carbonyl (C=O) groups excluding carboxylic acids is 1. The smallest absolute Gasteiger partial charge is 0.352 e. The van der Waals surface area contributed by atoms with E-state index in [-0.39, 0.29) is 12.3 Å². The molecule has 1 saturated carbocycles. The minimum Gasteiger partial charge on any atom is -0.387 e. The van der Waals surface area contributed by atoms with Gasteiger partial charge in [-0.15, -0.1) is 0 Å². The van der Waals surface area contributed by atoms with Crippen molar-refractivity contribution in [1.82, 2.24) is 20.2 Å². The van der Waals surface area contributed by atoms with Crippen LogP contribution in [0.15, 0.2) is 30.3 Å². The third kappa shape index (κ3) is 9.67. The summed E-state index contributed by atoms with van der Waals surface area (Å²) < 4.78 is 26.1. The Bertz CT molecular complexity index is 1100. The number of aryl methyl sites for hydroxylation is 1. The van der Waals surface area contributed by atoms with Crippen molar-refractivity contribution < 1.29 is 39.1 Å². The van der Waals surface area contributed by atoms with E-state index in [1.165, 1.54) is 24.9 Å². The predicted molar refractivity (Wildman–Crippen MR) is 177 cm³/mol. The number of hydrazine groups is 1. The first kappa shape index (κ1) is 41.4. The summed E-state index contributed by atoms with van der Waals surface area (Å²) in [7, 11) is 2.04. The summed E-state index contributed by atoms with van der Waals surface area (Å²) in [6, 6.07) is 12.5. The maximum absolute atomic E-state index is 13.0. The van der Waals surface area contributed by atoms with Crippen molar-refractivity contribution in [3.8, 4) is 0 Å². The highest BCUT2D eigenvalue weighted by atomic mass is 19.3. The molecule has 0 radical (unpaired) electrons. The molecular weight excluding hydrogens is 612 g/mol. The largest absolute Gasteiger partial charge is 0.387 e. The van der Waals surface area contributed by atoms with Gasteiger partial charge in [-0.2, -0.15) is 8.78 Å². The second kappa shape index (κ2) is 16.3. The number of hydrogen-bond donors (Lipinski definition) is 7. The zero-order valence-electron chi connectivity index (χ0n) is 29.7. The van der Waals surface area contributed by atoms with Crippen LogP contribution in [0.2, 0.25) is 0 Å². The van der Waals surface area contributed by atoms with Crippen molar-refractivity contribution >= 4 is 5.91 Å². The van der Waals surface area contributed by atoms with E-state index in [2.05, 4.69) is 78.3 Å². The fourth-order valence-electron chi connectivity index (χ4n) is 7.51. The van der Waals surface area contributed by atoms with E-state index in [9.17, 15) is 18.7 Å². The molecule has 47 heavy (non-hydrogen) atoms. The molecule has 3 fully saturated rings. The molecule has 1 amide bonds. The molecule has 2 saturated heterocycles. The third-order valence-electron chi connectivity index (χ3n) is 9.90. The van der Waals surface area contributed by atoms with Crippen LogP contribution in [0.25, 0.3) is 0 Å². The Kier molecular flexibility index (Phi) is 14.3. The number of halogens is 2. The molecule has 6 atom stereocenters. The van der Waals surface area contributed by atoms with Gasteiger partial charge in [0.05, 0.1) is 11.8 Å². The van der Waals surface area contributed by atoms with Crippen LogP contribution in [0.1, 0.15) is 93.1 Å². The first-order valence-electron chi connectivity index (χ1n) is 17.0. The van der Waals surface area contributed by atoms with Gasteiger partial charge in [-0.1, -0.05) is 51.1 Å². The van der Waals surface area contributed by atoms with Gasteiger partial charge in [-0.05, 0) is 78.3 Å². The first-order valence-corrected chi connectivity index (χ1v) is 17.0. The molecule has 4 rings (SSSR count). The fourth-order valence-corrected chi connectivity index (χ4v) is 7.51. The van der Waals surface area contributed by atoms with Crippen LogP contribution < -0.4 is 11.2 Å². The summed E-state index contributed by atoms with van der Waals surface area (Å²) in [5.41, 5.74) is 8.92. The van der Waals surface area contributed by atoms with Crippen LogP contribution in [0.5, 0.6) is 0 Å². The first-order chi connectivity index (χ1) is 21.6. The minimum atomic E-state index is -4.55. The van der Waals surface area contributed by atoms with Gasteiger partial charge in [-0.3, -0.25) is 14.6 Å². The number of likely N-dealkylation sites (N-methyl/N-ethyl adjacent to an activating group) is 1. The van der Waals surface area contributed by atoms with E-state index < -0.39 is 47.8 Å². The van der Waals surface area contributed by atoms with Gasteiger partial charge in [0.2, 0.25) is 17.5 Å². The number of carbonyl (C=O) groups is 1. The van der Waals surface area contributed by atoms with Crippen molar-refractivity contribution in [2.75, 3.05) is 13.6 Å². The summed E-state index contributed by atoms with van der Waals surface area (Å²) in [6.07, 6.45) is 2.90. The van der Waals surface area contributed by atoms with Crippen molar-refractivity contribution in [1.29, 1.82) is 0 Å². The molecule has 2 heterocycles. The normalized spacial score (nSPS) is 30.2. The Morgan fingerprint density at radius 2 is 1.60 bits per heavy atom. The Morgan fingerprint density at radius 3 is 2.09 bits per heavy atom. The van der Waals surface area contributed by atoms with E-state index >= 15 is 0 Å². The highest BCUT2D eigenvalue weighted by Crippen LogP contribution is 2.47. The molecule has 0 bridgehead atoms. The number of likely N-dealkylation sites (tertiary alicyclic amines) is 1. The maximum Gasteiger partial charge on any atom is 0.352 e. The Morgan fingerprint density at radius 1 is 1.06 bits per heavy atom. The number of hydrogen-bond acceptors (Lipinski definition) is 10. The molecule has 1 aliphatic carbocycles. The number of amides is 1. The van der Waals surface area contributed by atoms with E-state index in [1.807, 2.05) is 34.7 Å². The maximum atomic E-state index is 13.0. The average Bonchev–Trinajstić information content (AvgIpc) is 3.42. The van der Waals surface area contributed by atoms with Crippen LogP contribution in [0.4, 0.5) is 8.78 Å². The zero-order valence-corrected chi connectivity index (χ0v) is 29.7. The highest BCUT2D eigenvalue weighted by molar-refractivity contribution is 5.77. The Balaban J connectivity index is 0.000000380. The summed E-state index contributed by atoms with van der Waals surface area (Å²) >= 11 is 0. The van der Waals surface area contributed by atoms with Gasteiger partial charge < -0.3 is 31.3 Å². The minimum absolute atomic E-state index is 0.0229. The molecule has 8 N–H and O–H groups in total. The number of nitrogens with two attached hydrogens (primary N) is 1. The van der Waals surface area contributed by atoms with Crippen molar-refractivity contribution in [3.63, 3.8) is 0 Å². The number of rotatable bonds is 9. The van der Waals surface area contributed by atoms with Gasteiger partial charge in [0.25, 0.3) is 0 Å². The topological polar surface area (TPSA) is 166 Å². The number of alkyl halides is 2. The quantitative estimate of drug-likeness (QED) is 0.194. The molecule has 13 heteroatoms. The zero-order chi connectivity index (χ0) is 36.1. The lowest BCUT2D eigenvalue weighted by Gasteiger charge is -2.45. The fraction of sp³-hybridized carbons (Fsp3) is 0.794. The molecule has 3 aliphatic rings. The molecular formula is C34H61F2N5O6. The molecule has 0 spiro atoms. The number of aliphatic hydroxyl groups is 5. The molecule has 6 unspecified atom stereocenters. The third-order valence-corrected chi connectivity index (χ3v) is 9.90. The summed E-state index contributed by atoms with van der Waals surface area (Å²) in [5.74, 6) is -13.7. The van der Waals surface area contributed by atoms with Gasteiger partial charge in [0.1, 0.15) is 6.17 Å².